The van der Waals surface area contributed by atoms with E-state index in [1.807, 2.05) is 35.8 Å². The van der Waals surface area contributed by atoms with Gasteiger partial charge in [-0.25, -0.2) is 5.43 Å². The number of piperidine rings is 1. The number of halogens is 2. The first kappa shape index (κ1) is 28.2. The lowest BCUT2D eigenvalue weighted by Gasteiger charge is -2.43. The number of nitrogens with one attached hydrogen (secondary N) is 1. The molecule has 8 nitrogen and oxygen atoms in total. The maximum atomic E-state index is 12.5. The molecule has 0 spiro atoms. The van der Waals surface area contributed by atoms with Gasteiger partial charge in [-0.15, -0.1) is 0 Å². The Morgan fingerprint density at radius 3 is 2.75 bits per heavy atom. The minimum Gasteiger partial charge on any atom is -0.494 e. The fraction of sp³-hybridized carbons (Fsp3) is 0.367. The molecule has 1 amide bonds. The van der Waals surface area contributed by atoms with Crippen molar-refractivity contribution in [3.8, 4) is 11.5 Å². The Kier molecular flexibility index (Phi) is 8.78. The van der Waals surface area contributed by atoms with Crippen LogP contribution in [0.4, 0.5) is 0 Å². The van der Waals surface area contributed by atoms with Crippen molar-refractivity contribution in [3.05, 3.63) is 91.8 Å². The third-order valence-electron chi connectivity index (χ3n) is 7.29. The predicted molar refractivity (Wildman–Crippen MR) is 157 cm³/mol. The van der Waals surface area contributed by atoms with Gasteiger partial charge in [0, 0.05) is 54.4 Å². The second kappa shape index (κ2) is 12.5. The summed E-state index contributed by atoms with van der Waals surface area (Å²) in [5, 5.41) is 4.95. The number of likely N-dealkylation sites (tertiary alicyclic amines) is 1. The van der Waals surface area contributed by atoms with E-state index in [-0.39, 0.29) is 5.56 Å². The Morgan fingerprint density at radius 2 is 1.95 bits per heavy atom. The number of fused-ring (bicyclic) bond motifs is 4. The van der Waals surface area contributed by atoms with E-state index in [2.05, 4.69) is 21.5 Å². The number of hydrazone groups is 1. The molecule has 210 valence electrons. The van der Waals surface area contributed by atoms with E-state index < -0.39 is 12.0 Å². The number of nitrogens with zero attached hydrogens (tertiary/aromatic N) is 3. The normalized spacial score (nSPS) is 19.2. The molecule has 0 radical (unpaired) electrons. The van der Waals surface area contributed by atoms with Crippen LogP contribution < -0.4 is 20.5 Å². The summed E-state index contributed by atoms with van der Waals surface area (Å²) >= 11 is 12.1. The average molecular weight is 584 g/mol. The lowest BCUT2D eigenvalue weighted by Crippen LogP contribution is -2.46. The number of ether oxygens (including phenoxy) is 2. The Labute approximate surface area is 243 Å². The van der Waals surface area contributed by atoms with Gasteiger partial charge in [-0.05, 0) is 74.2 Å². The standard InChI is InChI=1S/C30H32Cl2N4O4/c1-3-39-27-9-7-20(14-33-34-30(38)19(2)40-28-10-8-24(31)13-25(28)32)11-23(27)18-35-15-21-12-22(17-35)26-5-4-6-29(37)36(26)16-21/h4-11,13-14,19,21-22H,3,12,15-18H2,1-2H3,(H,34,38)/b33-14-/t19-,21+,22-/m0/s1. The number of benzene rings is 2. The van der Waals surface area contributed by atoms with Crippen LogP contribution >= 0.6 is 23.2 Å². The molecule has 1 N–H and O–H groups in total. The number of amides is 1. The smallest absolute Gasteiger partial charge is 0.280 e. The first-order valence-electron chi connectivity index (χ1n) is 13.4. The van der Waals surface area contributed by atoms with E-state index in [0.717, 1.165) is 55.2 Å². The minimum absolute atomic E-state index is 0.0908. The SMILES string of the molecule is CCOc1ccc(/C=N\NC(=O)[C@H](C)Oc2ccc(Cl)cc2Cl)cc1CN1C[C@H]2C[C@@H](C1)c1cccc(=O)n1C2. The zero-order valence-electron chi connectivity index (χ0n) is 22.5. The second-order valence-electron chi connectivity index (χ2n) is 10.3. The lowest BCUT2D eigenvalue weighted by molar-refractivity contribution is -0.127. The molecule has 2 aliphatic heterocycles. The molecule has 3 atom stereocenters. The van der Waals surface area contributed by atoms with Crippen LogP contribution in [-0.4, -0.2) is 47.4 Å². The molecule has 1 aromatic heterocycles. The lowest BCUT2D eigenvalue weighted by atomic mass is 9.83. The number of rotatable bonds is 9. The highest BCUT2D eigenvalue weighted by Gasteiger charge is 2.34. The summed E-state index contributed by atoms with van der Waals surface area (Å²) in [6.45, 7) is 7.44. The molecular weight excluding hydrogens is 551 g/mol. The highest BCUT2D eigenvalue weighted by Crippen LogP contribution is 2.36. The van der Waals surface area contributed by atoms with E-state index in [4.69, 9.17) is 32.7 Å². The summed E-state index contributed by atoms with van der Waals surface area (Å²) in [6.07, 6.45) is 1.90. The van der Waals surface area contributed by atoms with E-state index in [1.165, 1.54) is 0 Å². The zero-order chi connectivity index (χ0) is 28.2. The third kappa shape index (κ3) is 6.52. The van der Waals surface area contributed by atoms with Crippen molar-refractivity contribution in [3.63, 3.8) is 0 Å². The summed E-state index contributed by atoms with van der Waals surface area (Å²) < 4.78 is 13.5. The van der Waals surface area contributed by atoms with E-state index in [9.17, 15) is 9.59 Å². The van der Waals surface area contributed by atoms with Gasteiger partial charge in [0.1, 0.15) is 11.5 Å². The van der Waals surface area contributed by atoms with E-state index in [1.54, 1.807) is 37.4 Å². The van der Waals surface area contributed by atoms with Crippen LogP contribution in [0.5, 0.6) is 11.5 Å². The van der Waals surface area contributed by atoms with Gasteiger partial charge in [0.15, 0.2) is 6.10 Å². The van der Waals surface area contributed by atoms with Gasteiger partial charge in [0.25, 0.3) is 11.5 Å². The first-order valence-corrected chi connectivity index (χ1v) is 14.2. The Hall–Kier alpha value is -3.33. The zero-order valence-corrected chi connectivity index (χ0v) is 24.0. The van der Waals surface area contributed by atoms with Gasteiger partial charge in [-0.3, -0.25) is 14.5 Å². The van der Waals surface area contributed by atoms with Crippen molar-refractivity contribution in [1.82, 2.24) is 14.9 Å². The fourth-order valence-corrected chi connectivity index (χ4v) is 5.99. The summed E-state index contributed by atoms with van der Waals surface area (Å²) in [6, 6.07) is 16.3. The summed E-state index contributed by atoms with van der Waals surface area (Å²) in [4.78, 5) is 27.3. The van der Waals surface area contributed by atoms with Gasteiger partial charge >= 0.3 is 0 Å². The van der Waals surface area contributed by atoms with Gasteiger partial charge < -0.3 is 14.0 Å². The number of pyridine rings is 1. The number of carbonyl (C=O) groups excluding carboxylic acids is 1. The van der Waals surface area contributed by atoms with Crippen molar-refractivity contribution in [1.29, 1.82) is 0 Å². The highest BCUT2D eigenvalue weighted by atomic mass is 35.5. The van der Waals surface area contributed by atoms with Gasteiger partial charge in [-0.1, -0.05) is 29.3 Å². The third-order valence-corrected chi connectivity index (χ3v) is 7.82. The Bertz CT molecular complexity index is 1470. The Balaban J connectivity index is 1.24. The van der Waals surface area contributed by atoms with Crippen LogP contribution in [-0.2, 0) is 17.9 Å². The van der Waals surface area contributed by atoms with Gasteiger partial charge in [0.2, 0.25) is 0 Å². The molecule has 0 aliphatic carbocycles. The number of hydrogen-bond donors (Lipinski definition) is 1. The Morgan fingerprint density at radius 1 is 1.12 bits per heavy atom. The first-order chi connectivity index (χ1) is 19.3. The van der Waals surface area contributed by atoms with Crippen molar-refractivity contribution in [2.24, 2.45) is 11.0 Å². The molecule has 1 saturated heterocycles. The van der Waals surface area contributed by atoms with E-state index in [0.29, 0.717) is 34.2 Å². The highest BCUT2D eigenvalue weighted by molar-refractivity contribution is 6.35. The van der Waals surface area contributed by atoms with Crippen molar-refractivity contribution >= 4 is 35.3 Å². The average Bonchev–Trinajstić information content (AvgIpc) is 2.92. The van der Waals surface area contributed by atoms with Crippen molar-refractivity contribution < 1.29 is 14.3 Å². The molecule has 0 saturated carbocycles. The predicted octanol–water partition coefficient (Wildman–Crippen LogP) is 5.09. The van der Waals surface area contributed by atoms with Crippen LogP contribution in [0.2, 0.25) is 10.0 Å². The monoisotopic (exact) mass is 582 g/mol. The molecular formula is C30H32Cl2N4O4. The summed E-state index contributed by atoms with van der Waals surface area (Å²) in [7, 11) is 0. The fourth-order valence-electron chi connectivity index (χ4n) is 5.54. The summed E-state index contributed by atoms with van der Waals surface area (Å²) in [5.74, 6) is 1.56. The summed E-state index contributed by atoms with van der Waals surface area (Å²) in [5.41, 5.74) is 5.64. The largest absolute Gasteiger partial charge is 0.494 e. The molecule has 0 unspecified atom stereocenters. The molecule has 1 fully saturated rings. The van der Waals surface area contributed by atoms with Crippen LogP contribution in [0.25, 0.3) is 0 Å². The number of carbonyl (C=O) groups is 1. The molecule has 2 aliphatic rings. The van der Waals surface area contributed by atoms with Crippen molar-refractivity contribution in [2.75, 3.05) is 19.7 Å². The number of aromatic nitrogens is 1. The van der Waals surface area contributed by atoms with Crippen LogP contribution in [0, 0.1) is 5.92 Å². The van der Waals surface area contributed by atoms with Gasteiger partial charge in [-0.2, -0.15) is 5.10 Å². The molecule has 5 rings (SSSR count). The number of hydrogen-bond acceptors (Lipinski definition) is 6. The van der Waals surface area contributed by atoms with Crippen LogP contribution in [0.3, 0.4) is 0 Å². The topological polar surface area (TPSA) is 85.2 Å². The maximum Gasteiger partial charge on any atom is 0.280 e. The van der Waals surface area contributed by atoms with Crippen LogP contribution in [0.1, 0.15) is 43.0 Å². The quantitative estimate of drug-likeness (QED) is 0.280. The molecule has 3 heterocycles. The van der Waals surface area contributed by atoms with Gasteiger partial charge in [0.05, 0.1) is 17.8 Å². The molecule has 2 bridgehead atoms. The second-order valence-corrected chi connectivity index (χ2v) is 11.1. The van der Waals surface area contributed by atoms with Crippen molar-refractivity contribution in [2.45, 2.75) is 45.4 Å². The minimum atomic E-state index is -0.814. The molecule has 40 heavy (non-hydrogen) atoms. The van der Waals surface area contributed by atoms with E-state index >= 15 is 0 Å². The van der Waals surface area contributed by atoms with Crippen LogP contribution in [0.15, 0.2) is 64.5 Å². The molecule has 10 heteroatoms. The molecule has 3 aromatic rings. The molecule has 2 aromatic carbocycles. The maximum absolute atomic E-state index is 12.5.